The molecule has 0 fully saturated rings. The SMILES string of the molecule is CC(C)(C)C(O)CNC(=O)c1nc2ccccc2c(=O)[nH]1. The summed E-state index contributed by atoms with van der Waals surface area (Å²) >= 11 is 0. The van der Waals surface area contributed by atoms with Gasteiger partial charge in [-0.2, -0.15) is 0 Å². The fourth-order valence-electron chi connectivity index (χ4n) is 1.77. The van der Waals surface area contributed by atoms with E-state index in [1.165, 1.54) is 0 Å². The zero-order chi connectivity index (χ0) is 15.6. The zero-order valence-electron chi connectivity index (χ0n) is 12.3. The molecule has 2 rings (SSSR count). The van der Waals surface area contributed by atoms with Gasteiger partial charge in [0.05, 0.1) is 17.0 Å². The predicted molar refractivity (Wildman–Crippen MR) is 80.2 cm³/mol. The van der Waals surface area contributed by atoms with E-state index in [0.29, 0.717) is 10.9 Å². The molecule has 0 saturated carbocycles. The number of aliphatic hydroxyl groups excluding tert-OH is 1. The molecule has 1 aromatic heterocycles. The van der Waals surface area contributed by atoms with Crippen molar-refractivity contribution in [2.24, 2.45) is 5.41 Å². The molecular weight excluding hydrogens is 270 g/mol. The van der Waals surface area contributed by atoms with Crippen LogP contribution < -0.4 is 10.9 Å². The summed E-state index contributed by atoms with van der Waals surface area (Å²) in [7, 11) is 0. The van der Waals surface area contributed by atoms with E-state index in [2.05, 4.69) is 15.3 Å². The third kappa shape index (κ3) is 3.46. The molecule has 1 unspecified atom stereocenters. The quantitative estimate of drug-likeness (QED) is 0.787. The fraction of sp³-hybridized carbons (Fsp3) is 0.400. The van der Waals surface area contributed by atoms with Gasteiger partial charge in [0.2, 0.25) is 0 Å². The van der Waals surface area contributed by atoms with Gasteiger partial charge in [-0.05, 0) is 17.5 Å². The van der Waals surface area contributed by atoms with Crippen LogP contribution in [0.25, 0.3) is 10.9 Å². The van der Waals surface area contributed by atoms with E-state index in [1.807, 2.05) is 20.8 Å². The Hall–Kier alpha value is -2.21. The number of fused-ring (bicyclic) bond motifs is 1. The fourth-order valence-corrected chi connectivity index (χ4v) is 1.77. The molecule has 0 saturated heterocycles. The molecule has 3 N–H and O–H groups in total. The predicted octanol–water partition coefficient (Wildman–Crippen LogP) is 1.06. The lowest BCUT2D eigenvalue weighted by Gasteiger charge is -2.25. The van der Waals surface area contributed by atoms with Crippen molar-refractivity contribution in [1.29, 1.82) is 0 Å². The average molecular weight is 289 g/mol. The molecule has 112 valence electrons. The number of aromatic amines is 1. The van der Waals surface area contributed by atoms with Gasteiger partial charge < -0.3 is 15.4 Å². The molecule has 0 radical (unpaired) electrons. The van der Waals surface area contributed by atoms with E-state index >= 15 is 0 Å². The van der Waals surface area contributed by atoms with Crippen molar-refractivity contribution >= 4 is 16.8 Å². The standard InChI is InChI=1S/C15H19N3O3/c1-15(2,3)11(19)8-16-14(21)12-17-10-7-5-4-6-9(10)13(20)18-12/h4-7,11,19H,8H2,1-3H3,(H,16,21)(H,17,18,20). The molecule has 1 heterocycles. The first-order chi connectivity index (χ1) is 9.79. The number of carbonyl (C=O) groups excluding carboxylic acids is 1. The number of amides is 1. The van der Waals surface area contributed by atoms with Crippen LogP contribution in [-0.4, -0.2) is 33.6 Å². The molecular formula is C15H19N3O3. The van der Waals surface area contributed by atoms with Crippen LogP contribution in [0.4, 0.5) is 0 Å². The molecule has 0 aliphatic heterocycles. The molecule has 1 amide bonds. The number of rotatable bonds is 3. The van der Waals surface area contributed by atoms with Crippen molar-refractivity contribution in [3.63, 3.8) is 0 Å². The summed E-state index contributed by atoms with van der Waals surface area (Å²) in [5.74, 6) is -0.569. The number of hydrogen-bond acceptors (Lipinski definition) is 4. The first-order valence-electron chi connectivity index (χ1n) is 6.74. The van der Waals surface area contributed by atoms with E-state index in [9.17, 15) is 14.7 Å². The highest BCUT2D eigenvalue weighted by atomic mass is 16.3. The minimum absolute atomic E-state index is 0.0557. The molecule has 2 aromatic rings. The van der Waals surface area contributed by atoms with Gasteiger partial charge in [-0.25, -0.2) is 4.98 Å². The summed E-state index contributed by atoms with van der Waals surface area (Å²) in [5, 5.41) is 12.9. The molecule has 1 atom stereocenters. The van der Waals surface area contributed by atoms with Crippen molar-refractivity contribution < 1.29 is 9.90 Å². The molecule has 0 aliphatic carbocycles. The summed E-state index contributed by atoms with van der Waals surface area (Å²) < 4.78 is 0. The summed E-state index contributed by atoms with van der Waals surface area (Å²) in [5.41, 5.74) is -0.234. The minimum Gasteiger partial charge on any atom is -0.391 e. The van der Waals surface area contributed by atoms with Crippen LogP contribution in [0.15, 0.2) is 29.1 Å². The molecule has 1 aromatic carbocycles. The number of aliphatic hydroxyl groups is 1. The maximum Gasteiger partial charge on any atom is 0.287 e. The highest BCUT2D eigenvalue weighted by Crippen LogP contribution is 2.18. The van der Waals surface area contributed by atoms with Crippen molar-refractivity contribution in [3.8, 4) is 0 Å². The lowest BCUT2D eigenvalue weighted by molar-refractivity contribution is 0.0584. The third-order valence-electron chi connectivity index (χ3n) is 3.28. The van der Waals surface area contributed by atoms with Crippen LogP contribution in [0.2, 0.25) is 0 Å². The van der Waals surface area contributed by atoms with Gasteiger partial charge in [0, 0.05) is 6.54 Å². The Labute approximate surface area is 122 Å². The van der Waals surface area contributed by atoms with E-state index in [1.54, 1.807) is 24.3 Å². The van der Waals surface area contributed by atoms with Crippen molar-refractivity contribution in [1.82, 2.24) is 15.3 Å². The Morgan fingerprint density at radius 2 is 2.05 bits per heavy atom. The van der Waals surface area contributed by atoms with Crippen LogP contribution in [0.3, 0.4) is 0 Å². The first kappa shape index (κ1) is 15.2. The second-order valence-corrected chi connectivity index (χ2v) is 6.02. The Morgan fingerprint density at radius 1 is 1.38 bits per heavy atom. The molecule has 0 spiro atoms. The number of nitrogens with zero attached hydrogens (tertiary/aromatic N) is 1. The Morgan fingerprint density at radius 3 is 2.71 bits per heavy atom. The van der Waals surface area contributed by atoms with Crippen LogP contribution in [0.5, 0.6) is 0 Å². The second kappa shape index (κ2) is 5.65. The smallest absolute Gasteiger partial charge is 0.287 e. The van der Waals surface area contributed by atoms with Gasteiger partial charge in [-0.3, -0.25) is 9.59 Å². The topological polar surface area (TPSA) is 95.1 Å². The molecule has 0 bridgehead atoms. The summed E-state index contributed by atoms with van der Waals surface area (Å²) in [4.78, 5) is 30.5. The van der Waals surface area contributed by atoms with E-state index < -0.39 is 12.0 Å². The summed E-state index contributed by atoms with van der Waals surface area (Å²) in [6.45, 7) is 5.72. The Bertz CT molecular complexity index is 716. The van der Waals surface area contributed by atoms with Gasteiger partial charge in [-0.1, -0.05) is 32.9 Å². The Balaban J connectivity index is 2.19. The monoisotopic (exact) mass is 289 g/mol. The Kier molecular flexibility index (Phi) is 4.09. The molecule has 21 heavy (non-hydrogen) atoms. The van der Waals surface area contributed by atoms with E-state index in [0.717, 1.165) is 0 Å². The minimum atomic E-state index is -0.686. The van der Waals surface area contributed by atoms with Crippen molar-refractivity contribution in [2.45, 2.75) is 26.9 Å². The van der Waals surface area contributed by atoms with E-state index in [-0.39, 0.29) is 23.3 Å². The highest BCUT2D eigenvalue weighted by molar-refractivity contribution is 5.92. The summed E-state index contributed by atoms with van der Waals surface area (Å²) in [6, 6.07) is 6.80. The lowest BCUT2D eigenvalue weighted by atomic mass is 9.89. The number of para-hydroxylation sites is 1. The van der Waals surface area contributed by atoms with Crippen LogP contribution in [-0.2, 0) is 0 Å². The molecule has 6 heteroatoms. The van der Waals surface area contributed by atoms with Gasteiger partial charge >= 0.3 is 0 Å². The second-order valence-electron chi connectivity index (χ2n) is 6.02. The van der Waals surface area contributed by atoms with Crippen LogP contribution in [0.1, 0.15) is 31.4 Å². The lowest BCUT2D eigenvalue weighted by Crippen LogP contribution is -2.40. The van der Waals surface area contributed by atoms with Crippen LogP contribution in [0, 0.1) is 5.41 Å². The number of nitrogens with one attached hydrogen (secondary N) is 2. The normalized spacial score (nSPS) is 13.1. The highest BCUT2D eigenvalue weighted by Gasteiger charge is 2.23. The maximum atomic E-state index is 12.0. The van der Waals surface area contributed by atoms with Gasteiger partial charge in [0.25, 0.3) is 11.5 Å². The average Bonchev–Trinajstić information content (AvgIpc) is 2.43. The van der Waals surface area contributed by atoms with Crippen molar-refractivity contribution in [2.75, 3.05) is 6.54 Å². The van der Waals surface area contributed by atoms with Crippen molar-refractivity contribution in [3.05, 3.63) is 40.4 Å². The van der Waals surface area contributed by atoms with E-state index in [4.69, 9.17) is 0 Å². The number of benzene rings is 1. The maximum absolute atomic E-state index is 12.0. The van der Waals surface area contributed by atoms with Gasteiger partial charge in [-0.15, -0.1) is 0 Å². The number of aromatic nitrogens is 2. The number of H-pyrrole nitrogens is 1. The van der Waals surface area contributed by atoms with Crippen LogP contribution >= 0.6 is 0 Å². The third-order valence-corrected chi connectivity index (χ3v) is 3.28. The largest absolute Gasteiger partial charge is 0.391 e. The first-order valence-corrected chi connectivity index (χ1v) is 6.74. The number of carbonyl (C=O) groups is 1. The molecule has 0 aliphatic rings. The zero-order valence-corrected chi connectivity index (χ0v) is 12.3. The summed E-state index contributed by atoms with van der Waals surface area (Å²) in [6.07, 6.45) is -0.686. The van der Waals surface area contributed by atoms with Gasteiger partial charge in [0.15, 0.2) is 5.82 Å². The number of hydrogen-bond donors (Lipinski definition) is 3. The van der Waals surface area contributed by atoms with Gasteiger partial charge in [0.1, 0.15) is 0 Å². The molecule has 6 nitrogen and oxygen atoms in total.